The summed E-state index contributed by atoms with van der Waals surface area (Å²) in [4.78, 5) is 14.8. The Kier molecular flexibility index (Phi) is 3.36. The van der Waals surface area contributed by atoms with Gasteiger partial charge in [-0.1, -0.05) is 5.21 Å². The molecule has 3 heterocycles. The van der Waals surface area contributed by atoms with Crippen LogP contribution >= 0.6 is 11.8 Å². The summed E-state index contributed by atoms with van der Waals surface area (Å²) < 4.78 is 1.87. The van der Waals surface area contributed by atoms with Gasteiger partial charge in [-0.3, -0.25) is 9.48 Å². The number of hydrogen-bond donors (Lipinski definition) is 1. The van der Waals surface area contributed by atoms with Gasteiger partial charge in [-0.05, 0) is 25.7 Å². The molecule has 2 aliphatic rings. The summed E-state index contributed by atoms with van der Waals surface area (Å²) in [6, 6.07) is -0.127. The maximum absolute atomic E-state index is 13.0. The number of H-pyrrole nitrogens is 1. The van der Waals surface area contributed by atoms with E-state index >= 15 is 0 Å². The molecule has 2 aromatic rings. The highest BCUT2D eigenvalue weighted by atomic mass is 32.2. The molecule has 1 atom stereocenters. The first kappa shape index (κ1) is 13.7. The lowest BCUT2D eigenvalue weighted by molar-refractivity contribution is 0.0733. The molecule has 4 rings (SSSR count). The molecule has 1 fully saturated rings. The molecule has 0 aromatic carbocycles. The van der Waals surface area contributed by atoms with Gasteiger partial charge in [0, 0.05) is 24.1 Å². The van der Waals surface area contributed by atoms with E-state index in [1.165, 1.54) is 12.1 Å². The fourth-order valence-electron chi connectivity index (χ4n) is 3.25. The molecule has 1 amide bonds. The average molecular weight is 319 g/mol. The van der Waals surface area contributed by atoms with Gasteiger partial charge >= 0.3 is 0 Å². The average Bonchev–Trinajstić information content (AvgIpc) is 3.26. The summed E-state index contributed by atoms with van der Waals surface area (Å²) >= 11 is 1.70. The Morgan fingerprint density at radius 3 is 3.05 bits per heavy atom. The molecular weight excluding hydrogens is 302 g/mol. The number of amides is 1. The molecule has 1 saturated heterocycles. The highest BCUT2D eigenvalue weighted by molar-refractivity contribution is 7.99. The van der Waals surface area contributed by atoms with Crippen LogP contribution in [0.4, 0.5) is 0 Å². The quantitative estimate of drug-likeness (QED) is 0.876. The van der Waals surface area contributed by atoms with E-state index in [0.29, 0.717) is 17.4 Å². The van der Waals surface area contributed by atoms with Crippen LogP contribution in [-0.4, -0.2) is 52.8 Å². The third-order valence-corrected chi connectivity index (χ3v) is 5.38. The zero-order valence-corrected chi connectivity index (χ0v) is 13.1. The number of fused-ring (bicyclic) bond motifs is 1. The molecule has 9 heteroatoms. The van der Waals surface area contributed by atoms with Crippen LogP contribution in [-0.2, 0) is 19.9 Å². The number of tetrazole rings is 1. The molecule has 1 aliphatic carbocycles. The summed E-state index contributed by atoms with van der Waals surface area (Å²) in [6.07, 6.45) is 4.25. The van der Waals surface area contributed by atoms with Gasteiger partial charge in [0.25, 0.3) is 5.91 Å². The largest absolute Gasteiger partial charge is 0.317 e. The third-order valence-electron chi connectivity index (χ3n) is 4.37. The number of carbonyl (C=O) groups is 1. The highest BCUT2D eigenvalue weighted by Gasteiger charge is 2.36. The number of thioether (sulfide) groups is 1. The molecule has 116 valence electrons. The van der Waals surface area contributed by atoms with E-state index in [4.69, 9.17) is 0 Å². The minimum atomic E-state index is -0.127. The Balaban J connectivity index is 1.67. The van der Waals surface area contributed by atoms with Crippen molar-refractivity contribution in [3.63, 3.8) is 0 Å². The molecule has 0 bridgehead atoms. The lowest BCUT2D eigenvalue weighted by Crippen LogP contribution is -2.32. The van der Waals surface area contributed by atoms with Crippen molar-refractivity contribution in [1.82, 2.24) is 35.3 Å². The molecular formula is C13H17N7OS. The molecule has 2 aromatic heterocycles. The number of nitrogens with zero attached hydrogens (tertiary/aromatic N) is 6. The van der Waals surface area contributed by atoms with Crippen LogP contribution in [0.1, 0.15) is 46.5 Å². The molecule has 0 radical (unpaired) electrons. The number of rotatable bonds is 2. The summed E-state index contributed by atoms with van der Waals surface area (Å²) in [5.41, 5.74) is 2.94. The summed E-state index contributed by atoms with van der Waals surface area (Å²) in [5.74, 6) is 1.99. The van der Waals surface area contributed by atoms with Gasteiger partial charge in [-0.15, -0.1) is 22.0 Å². The van der Waals surface area contributed by atoms with Gasteiger partial charge in [-0.25, -0.2) is 0 Å². The van der Waals surface area contributed by atoms with Crippen molar-refractivity contribution in [1.29, 1.82) is 0 Å². The number of aromatic amines is 1. The van der Waals surface area contributed by atoms with Crippen LogP contribution in [0.2, 0.25) is 0 Å². The van der Waals surface area contributed by atoms with Gasteiger partial charge in [0.2, 0.25) is 0 Å². The topological polar surface area (TPSA) is 92.6 Å². The molecule has 8 nitrogen and oxygen atoms in total. The highest BCUT2D eigenvalue weighted by Crippen LogP contribution is 2.33. The number of hydrogen-bond acceptors (Lipinski definition) is 6. The fraction of sp³-hybridized carbons (Fsp3) is 0.615. The molecule has 0 spiro atoms. The summed E-state index contributed by atoms with van der Waals surface area (Å²) in [6.45, 7) is 0. The minimum absolute atomic E-state index is 0.0152. The Morgan fingerprint density at radius 2 is 2.23 bits per heavy atom. The predicted molar refractivity (Wildman–Crippen MR) is 80.3 cm³/mol. The second-order valence-corrected chi connectivity index (χ2v) is 6.66. The maximum Gasteiger partial charge on any atom is 0.275 e. The van der Waals surface area contributed by atoms with Crippen molar-refractivity contribution >= 4 is 17.7 Å². The minimum Gasteiger partial charge on any atom is -0.317 e. The molecule has 1 N–H and O–H groups in total. The summed E-state index contributed by atoms with van der Waals surface area (Å²) in [5, 5.41) is 18.6. The SMILES string of the molecule is Cn1nc(C(=O)N2CSCC2c2nn[nH]n2)c2c1CCCC2. The Bertz CT molecular complexity index is 696. The summed E-state index contributed by atoms with van der Waals surface area (Å²) in [7, 11) is 1.93. The Labute approximate surface area is 131 Å². The van der Waals surface area contributed by atoms with Gasteiger partial charge in [0.15, 0.2) is 11.5 Å². The first-order valence-electron chi connectivity index (χ1n) is 7.42. The van der Waals surface area contributed by atoms with Gasteiger partial charge < -0.3 is 4.90 Å². The van der Waals surface area contributed by atoms with Gasteiger partial charge in [0.1, 0.15) is 6.04 Å². The van der Waals surface area contributed by atoms with Crippen LogP contribution in [0.5, 0.6) is 0 Å². The number of carbonyl (C=O) groups excluding carboxylic acids is 1. The lowest BCUT2D eigenvalue weighted by atomic mass is 9.95. The maximum atomic E-state index is 13.0. The van der Waals surface area contributed by atoms with E-state index < -0.39 is 0 Å². The van der Waals surface area contributed by atoms with E-state index in [1.54, 1.807) is 11.8 Å². The van der Waals surface area contributed by atoms with Crippen LogP contribution in [0.3, 0.4) is 0 Å². The second-order valence-electron chi connectivity index (χ2n) is 5.67. The zero-order chi connectivity index (χ0) is 15.1. The normalized spacial score (nSPS) is 21.1. The van der Waals surface area contributed by atoms with Crippen molar-refractivity contribution in [2.24, 2.45) is 7.05 Å². The number of nitrogens with one attached hydrogen (secondary N) is 1. The molecule has 1 unspecified atom stereocenters. The van der Waals surface area contributed by atoms with Gasteiger partial charge in [0.05, 0.1) is 5.88 Å². The van der Waals surface area contributed by atoms with Crippen molar-refractivity contribution in [2.75, 3.05) is 11.6 Å². The van der Waals surface area contributed by atoms with E-state index in [-0.39, 0.29) is 11.9 Å². The van der Waals surface area contributed by atoms with E-state index in [0.717, 1.165) is 30.6 Å². The van der Waals surface area contributed by atoms with E-state index in [1.807, 2.05) is 16.6 Å². The van der Waals surface area contributed by atoms with Gasteiger partial charge in [-0.2, -0.15) is 10.3 Å². The first-order valence-corrected chi connectivity index (χ1v) is 8.58. The lowest BCUT2D eigenvalue weighted by Gasteiger charge is -2.21. The Morgan fingerprint density at radius 1 is 1.36 bits per heavy atom. The monoisotopic (exact) mass is 319 g/mol. The second kappa shape index (κ2) is 5.38. The standard InChI is InChI=1S/C13H17N7OS/c1-19-9-5-3-2-4-8(9)11(16-19)13(21)20-7-22-6-10(20)12-14-17-18-15-12/h10H,2-7H2,1H3,(H,14,15,17,18). The molecule has 0 saturated carbocycles. The molecule has 22 heavy (non-hydrogen) atoms. The first-order chi connectivity index (χ1) is 10.8. The fourth-order valence-corrected chi connectivity index (χ4v) is 4.40. The molecule has 1 aliphatic heterocycles. The van der Waals surface area contributed by atoms with Crippen LogP contribution in [0, 0.1) is 0 Å². The zero-order valence-electron chi connectivity index (χ0n) is 12.3. The van der Waals surface area contributed by atoms with E-state index in [9.17, 15) is 4.79 Å². The van der Waals surface area contributed by atoms with Crippen LogP contribution in [0.15, 0.2) is 0 Å². The van der Waals surface area contributed by atoms with Crippen LogP contribution in [0.25, 0.3) is 0 Å². The predicted octanol–water partition coefficient (Wildman–Crippen LogP) is 0.700. The third kappa shape index (κ3) is 2.11. The number of aryl methyl sites for hydroxylation is 1. The van der Waals surface area contributed by atoms with E-state index in [2.05, 4.69) is 25.7 Å². The smallest absolute Gasteiger partial charge is 0.275 e. The van der Waals surface area contributed by atoms with Crippen molar-refractivity contribution in [3.8, 4) is 0 Å². The van der Waals surface area contributed by atoms with Crippen LogP contribution < -0.4 is 0 Å². The van der Waals surface area contributed by atoms with Crippen molar-refractivity contribution in [2.45, 2.75) is 31.7 Å². The van der Waals surface area contributed by atoms with Crippen molar-refractivity contribution < 1.29 is 4.79 Å². The Hall–Kier alpha value is -1.90. The number of aromatic nitrogens is 6. The van der Waals surface area contributed by atoms with Crippen molar-refractivity contribution in [3.05, 3.63) is 22.8 Å².